The molecule has 1 unspecified atom stereocenters. The van der Waals surface area contributed by atoms with Crippen molar-refractivity contribution in [1.29, 1.82) is 5.26 Å². The first-order chi connectivity index (χ1) is 4.70. The third-order valence-electron chi connectivity index (χ3n) is 1.21. The van der Waals surface area contributed by atoms with Crippen LogP contribution >= 0.6 is 0 Å². The van der Waals surface area contributed by atoms with E-state index in [1.54, 1.807) is 0 Å². The van der Waals surface area contributed by atoms with Crippen LogP contribution in [-0.2, 0) is 0 Å². The Hall–Kier alpha value is -0.810. The summed E-state index contributed by atoms with van der Waals surface area (Å²) in [5.41, 5.74) is 1.06. The van der Waals surface area contributed by atoms with Gasteiger partial charge in [-0.05, 0) is 13.3 Å². The van der Waals surface area contributed by atoms with E-state index in [1.807, 2.05) is 13.8 Å². The van der Waals surface area contributed by atoms with Gasteiger partial charge in [-0.25, -0.2) is 0 Å². The predicted molar refractivity (Wildman–Crippen MR) is 42.5 cm³/mol. The Morgan fingerprint density at radius 2 is 2.40 bits per heavy atom. The average Bonchev–Trinajstić information content (AvgIpc) is 1.90. The molecular formula is C8H14N2. The van der Waals surface area contributed by atoms with Crippen molar-refractivity contribution >= 4 is 0 Å². The molecular weight excluding hydrogens is 124 g/mol. The lowest BCUT2D eigenvalue weighted by atomic mass is 10.2. The summed E-state index contributed by atoms with van der Waals surface area (Å²) in [5.74, 6) is 0. The van der Waals surface area contributed by atoms with Crippen LogP contribution in [-0.4, -0.2) is 12.6 Å². The zero-order valence-electron chi connectivity index (χ0n) is 6.65. The highest BCUT2D eigenvalue weighted by atomic mass is 14.9. The maximum atomic E-state index is 8.50. The third-order valence-corrected chi connectivity index (χ3v) is 1.21. The second kappa shape index (κ2) is 5.01. The standard InChI is InChI=1S/C8H14N2/c1-4-8(5-9)10-6-7(2)3/h8,10H,2,4,6H2,1,3H3. The van der Waals surface area contributed by atoms with Crippen molar-refractivity contribution in [2.75, 3.05) is 6.54 Å². The molecule has 0 aliphatic heterocycles. The van der Waals surface area contributed by atoms with Gasteiger partial charge in [0.2, 0.25) is 0 Å². The molecule has 56 valence electrons. The smallest absolute Gasteiger partial charge is 0.0952 e. The molecule has 0 saturated carbocycles. The molecule has 0 radical (unpaired) electrons. The van der Waals surface area contributed by atoms with Crippen molar-refractivity contribution in [3.05, 3.63) is 12.2 Å². The second-order valence-electron chi connectivity index (χ2n) is 2.43. The first-order valence-corrected chi connectivity index (χ1v) is 3.48. The Morgan fingerprint density at radius 3 is 2.70 bits per heavy atom. The fourth-order valence-electron chi connectivity index (χ4n) is 0.579. The van der Waals surface area contributed by atoms with Gasteiger partial charge in [-0.3, -0.25) is 5.32 Å². The van der Waals surface area contributed by atoms with E-state index < -0.39 is 0 Å². The summed E-state index contributed by atoms with van der Waals surface area (Å²) in [4.78, 5) is 0. The summed E-state index contributed by atoms with van der Waals surface area (Å²) in [7, 11) is 0. The molecule has 0 heterocycles. The van der Waals surface area contributed by atoms with Gasteiger partial charge in [-0.15, -0.1) is 0 Å². The van der Waals surface area contributed by atoms with Crippen LogP contribution in [0.1, 0.15) is 20.3 Å². The predicted octanol–water partition coefficient (Wildman–Crippen LogP) is 1.45. The summed E-state index contributed by atoms with van der Waals surface area (Å²) in [5, 5.41) is 11.6. The Morgan fingerprint density at radius 1 is 1.80 bits per heavy atom. The molecule has 0 aromatic carbocycles. The first kappa shape index (κ1) is 9.19. The average molecular weight is 138 g/mol. The molecule has 0 bridgehead atoms. The molecule has 0 aromatic heterocycles. The minimum atomic E-state index is -0.0169. The van der Waals surface area contributed by atoms with Crippen molar-refractivity contribution in [3.8, 4) is 6.07 Å². The van der Waals surface area contributed by atoms with Gasteiger partial charge >= 0.3 is 0 Å². The number of nitriles is 1. The normalized spacial score (nSPS) is 12.1. The fourth-order valence-corrected chi connectivity index (χ4v) is 0.579. The maximum Gasteiger partial charge on any atom is 0.0952 e. The van der Waals surface area contributed by atoms with Gasteiger partial charge in [-0.2, -0.15) is 5.26 Å². The van der Waals surface area contributed by atoms with Crippen LogP contribution < -0.4 is 5.32 Å². The number of rotatable bonds is 4. The Labute approximate surface area is 62.5 Å². The van der Waals surface area contributed by atoms with Gasteiger partial charge in [0.15, 0.2) is 0 Å². The van der Waals surface area contributed by atoms with E-state index in [4.69, 9.17) is 5.26 Å². The van der Waals surface area contributed by atoms with Crippen LogP contribution in [0.4, 0.5) is 0 Å². The highest BCUT2D eigenvalue weighted by molar-refractivity contribution is 4.96. The molecule has 1 N–H and O–H groups in total. The van der Waals surface area contributed by atoms with Gasteiger partial charge in [-0.1, -0.05) is 19.1 Å². The Balaban J connectivity index is 3.47. The molecule has 2 heteroatoms. The number of nitrogens with zero attached hydrogens (tertiary/aromatic N) is 1. The largest absolute Gasteiger partial charge is 0.298 e. The van der Waals surface area contributed by atoms with Crippen LogP contribution in [0.25, 0.3) is 0 Å². The van der Waals surface area contributed by atoms with Crippen LogP contribution in [0.3, 0.4) is 0 Å². The summed E-state index contributed by atoms with van der Waals surface area (Å²) in [6.45, 7) is 8.39. The van der Waals surface area contributed by atoms with E-state index in [0.29, 0.717) is 0 Å². The van der Waals surface area contributed by atoms with Gasteiger partial charge in [0.25, 0.3) is 0 Å². The zero-order valence-corrected chi connectivity index (χ0v) is 6.65. The Bertz CT molecular complexity index is 144. The van der Waals surface area contributed by atoms with E-state index in [0.717, 1.165) is 18.5 Å². The molecule has 2 nitrogen and oxygen atoms in total. The SMILES string of the molecule is C=C(C)CNC(C#N)CC. The third kappa shape index (κ3) is 4.11. The summed E-state index contributed by atoms with van der Waals surface area (Å²) < 4.78 is 0. The minimum absolute atomic E-state index is 0.0169. The van der Waals surface area contributed by atoms with Gasteiger partial charge in [0.05, 0.1) is 12.1 Å². The van der Waals surface area contributed by atoms with Crippen LogP contribution in [0, 0.1) is 11.3 Å². The van der Waals surface area contributed by atoms with Crippen LogP contribution in [0.5, 0.6) is 0 Å². The molecule has 0 fully saturated rings. The monoisotopic (exact) mass is 138 g/mol. The molecule has 10 heavy (non-hydrogen) atoms. The van der Waals surface area contributed by atoms with Crippen LogP contribution in [0.2, 0.25) is 0 Å². The van der Waals surface area contributed by atoms with Crippen molar-refractivity contribution in [3.63, 3.8) is 0 Å². The highest BCUT2D eigenvalue weighted by Crippen LogP contribution is 1.89. The highest BCUT2D eigenvalue weighted by Gasteiger charge is 2.00. The van der Waals surface area contributed by atoms with Crippen molar-refractivity contribution in [2.24, 2.45) is 0 Å². The molecule has 0 rings (SSSR count). The van der Waals surface area contributed by atoms with Gasteiger partial charge in [0, 0.05) is 6.54 Å². The molecule has 0 spiro atoms. The van der Waals surface area contributed by atoms with Crippen molar-refractivity contribution in [1.82, 2.24) is 5.32 Å². The van der Waals surface area contributed by atoms with Gasteiger partial charge < -0.3 is 0 Å². The van der Waals surface area contributed by atoms with E-state index in [1.165, 1.54) is 0 Å². The molecule has 0 aliphatic rings. The molecule has 0 aliphatic carbocycles. The Kier molecular flexibility index (Phi) is 4.61. The topological polar surface area (TPSA) is 35.8 Å². The summed E-state index contributed by atoms with van der Waals surface area (Å²) in [6, 6.07) is 2.14. The lowest BCUT2D eigenvalue weighted by Crippen LogP contribution is -2.27. The lowest BCUT2D eigenvalue weighted by molar-refractivity contribution is 0.618. The fraction of sp³-hybridized carbons (Fsp3) is 0.625. The number of hydrogen-bond acceptors (Lipinski definition) is 2. The summed E-state index contributed by atoms with van der Waals surface area (Å²) in [6.07, 6.45) is 0.851. The number of hydrogen-bond donors (Lipinski definition) is 1. The molecule has 0 saturated heterocycles. The quantitative estimate of drug-likeness (QED) is 0.597. The molecule has 0 aromatic rings. The van der Waals surface area contributed by atoms with E-state index in [9.17, 15) is 0 Å². The first-order valence-electron chi connectivity index (χ1n) is 3.48. The molecule has 0 amide bonds. The minimum Gasteiger partial charge on any atom is -0.298 e. The second-order valence-corrected chi connectivity index (χ2v) is 2.43. The summed E-state index contributed by atoms with van der Waals surface area (Å²) >= 11 is 0. The lowest BCUT2D eigenvalue weighted by Gasteiger charge is -2.07. The van der Waals surface area contributed by atoms with Crippen LogP contribution in [0.15, 0.2) is 12.2 Å². The van der Waals surface area contributed by atoms with E-state index >= 15 is 0 Å². The van der Waals surface area contributed by atoms with Gasteiger partial charge in [0.1, 0.15) is 0 Å². The van der Waals surface area contributed by atoms with Crippen molar-refractivity contribution < 1.29 is 0 Å². The molecule has 1 atom stereocenters. The zero-order chi connectivity index (χ0) is 7.98. The van der Waals surface area contributed by atoms with Crippen molar-refractivity contribution in [2.45, 2.75) is 26.3 Å². The number of nitrogens with one attached hydrogen (secondary N) is 1. The van der Waals surface area contributed by atoms with E-state index in [2.05, 4.69) is 18.0 Å². The van der Waals surface area contributed by atoms with E-state index in [-0.39, 0.29) is 6.04 Å². The maximum absolute atomic E-state index is 8.50.